The lowest BCUT2D eigenvalue weighted by Gasteiger charge is -2.03. The fraction of sp³-hybridized carbons (Fsp3) is 0.167. The number of pyridine rings is 1. The van der Waals surface area contributed by atoms with Crippen LogP contribution < -0.4 is 5.32 Å². The molecule has 0 spiro atoms. The van der Waals surface area contributed by atoms with Crippen LogP contribution in [0.2, 0.25) is 0 Å². The second kappa shape index (κ2) is 5.30. The number of carbonyl (C=O) groups is 2. The van der Waals surface area contributed by atoms with E-state index < -0.39 is 5.97 Å². The highest BCUT2D eigenvalue weighted by Gasteiger charge is 2.09. The van der Waals surface area contributed by atoms with Crippen molar-refractivity contribution in [1.29, 1.82) is 0 Å². The van der Waals surface area contributed by atoms with Crippen molar-refractivity contribution in [3.8, 4) is 0 Å². The number of aryl methyl sites for hydroxylation is 1. The molecule has 0 bridgehead atoms. The number of hydrogen-bond acceptors (Lipinski definition) is 4. The molecule has 0 aromatic carbocycles. The van der Waals surface area contributed by atoms with Gasteiger partial charge in [0.2, 0.25) is 0 Å². The Morgan fingerprint density at radius 1 is 1.42 bits per heavy atom. The lowest BCUT2D eigenvalue weighted by molar-refractivity contribution is 0.0696. The van der Waals surface area contributed by atoms with Crippen molar-refractivity contribution in [2.24, 2.45) is 7.05 Å². The van der Waals surface area contributed by atoms with Crippen LogP contribution in [0, 0.1) is 0 Å². The number of hydrogen-bond donors (Lipinski definition) is 2. The molecule has 0 saturated heterocycles. The van der Waals surface area contributed by atoms with Gasteiger partial charge in [0.25, 0.3) is 5.91 Å². The number of rotatable bonds is 4. The van der Waals surface area contributed by atoms with Gasteiger partial charge in [-0.15, -0.1) is 0 Å². The van der Waals surface area contributed by atoms with E-state index in [1.165, 1.54) is 23.0 Å². The van der Waals surface area contributed by atoms with Gasteiger partial charge in [-0.1, -0.05) is 0 Å². The van der Waals surface area contributed by atoms with Gasteiger partial charge in [0.15, 0.2) is 0 Å². The zero-order valence-corrected chi connectivity index (χ0v) is 10.2. The van der Waals surface area contributed by atoms with Crippen LogP contribution in [-0.2, 0) is 13.6 Å². The second-order valence-electron chi connectivity index (χ2n) is 3.90. The molecule has 19 heavy (non-hydrogen) atoms. The molecule has 1 amide bonds. The van der Waals surface area contributed by atoms with Gasteiger partial charge in [0.1, 0.15) is 5.69 Å². The molecule has 2 rings (SSSR count). The van der Waals surface area contributed by atoms with Crippen LogP contribution in [0.5, 0.6) is 0 Å². The minimum absolute atomic E-state index is 0.136. The van der Waals surface area contributed by atoms with E-state index in [0.717, 1.165) is 0 Å². The maximum Gasteiger partial charge on any atom is 0.335 e. The van der Waals surface area contributed by atoms with Gasteiger partial charge in [0, 0.05) is 19.4 Å². The first kappa shape index (κ1) is 12.7. The number of carbonyl (C=O) groups excluding carboxylic acids is 1. The fourth-order valence-electron chi connectivity index (χ4n) is 1.51. The van der Waals surface area contributed by atoms with E-state index in [-0.39, 0.29) is 18.0 Å². The largest absolute Gasteiger partial charge is 0.478 e. The molecule has 0 radical (unpaired) electrons. The summed E-state index contributed by atoms with van der Waals surface area (Å²) in [6.07, 6.45) is 3.06. The summed E-state index contributed by atoms with van der Waals surface area (Å²) in [5.74, 6) is -1.36. The topological polar surface area (TPSA) is 97.1 Å². The normalized spacial score (nSPS) is 10.2. The van der Waals surface area contributed by atoms with Crippen LogP contribution in [0.4, 0.5) is 0 Å². The van der Waals surface area contributed by atoms with E-state index in [1.807, 2.05) is 0 Å². The lowest BCUT2D eigenvalue weighted by Crippen LogP contribution is -2.24. The van der Waals surface area contributed by atoms with Crippen LogP contribution in [0.3, 0.4) is 0 Å². The Kier molecular flexibility index (Phi) is 3.56. The van der Waals surface area contributed by atoms with Gasteiger partial charge in [-0.05, 0) is 18.2 Å². The Morgan fingerprint density at radius 2 is 2.21 bits per heavy atom. The quantitative estimate of drug-likeness (QED) is 0.831. The van der Waals surface area contributed by atoms with Gasteiger partial charge < -0.3 is 10.4 Å². The average Bonchev–Trinajstić information content (AvgIpc) is 2.83. The van der Waals surface area contributed by atoms with Gasteiger partial charge in [-0.2, -0.15) is 5.10 Å². The molecular formula is C12H12N4O3. The molecule has 2 N–H and O–H groups in total. The van der Waals surface area contributed by atoms with Crippen molar-refractivity contribution in [2.45, 2.75) is 6.54 Å². The first-order valence-corrected chi connectivity index (χ1v) is 5.52. The molecule has 0 aliphatic heterocycles. The van der Waals surface area contributed by atoms with Crippen LogP contribution in [-0.4, -0.2) is 31.7 Å². The lowest BCUT2D eigenvalue weighted by atomic mass is 10.2. The molecule has 0 saturated carbocycles. The molecule has 7 nitrogen and oxygen atoms in total. The van der Waals surface area contributed by atoms with Crippen molar-refractivity contribution in [2.75, 3.05) is 0 Å². The fourth-order valence-corrected chi connectivity index (χ4v) is 1.51. The molecule has 2 aromatic rings. The van der Waals surface area contributed by atoms with Gasteiger partial charge in [0.05, 0.1) is 17.8 Å². The van der Waals surface area contributed by atoms with Gasteiger partial charge in [-0.3, -0.25) is 14.5 Å². The molecule has 0 aliphatic rings. The monoisotopic (exact) mass is 260 g/mol. The molecule has 0 unspecified atom stereocenters. The highest BCUT2D eigenvalue weighted by Crippen LogP contribution is 2.02. The maximum atomic E-state index is 11.7. The highest BCUT2D eigenvalue weighted by atomic mass is 16.4. The molecule has 0 aliphatic carbocycles. The molecule has 0 atom stereocenters. The summed E-state index contributed by atoms with van der Waals surface area (Å²) in [6.45, 7) is 0.149. The first-order chi connectivity index (χ1) is 9.06. The highest BCUT2D eigenvalue weighted by molar-refractivity contribution is 5.92. The number of nitrogens with one attached hydrogen (secondary N) is 1. The number of aromatic nitrogens is 3. The van der Waals surface area contributed by atoms with Crippen molar-refractivity contribution >= 4 is 11.9 Å². The maximum absolute atomic E-state index is 11.7. The Bertz CT molecular complexity index is 621. The van der Waals surface area contributed by atoms with E-state index in [2.05, 4.69) is 15.4 Å². The smallest absolute Gasteiger partial charge is 0.335 e. The third-order valence-electron chi connectivity index (χ3n) is 2.44. The van der Waals surface area contributed by atoms with Crippen LogP contribution in [0.1, 0.15) is 26.5 Å². The minimum atomic E-state index is -1.03. The van der Waals surface area contributed by atoms with E-state index in [0.29, 0.717) is 11.4 Å². The van der Waals surface area contributed by atoms with Crippen molar-refractivity contribution < 1.29 is 14.7 Å². The van der Waals surface area contributed by atoms with Crippen molar-refractivity contribution in [1.82, 2.24) is 20.1 Å². The van der Waals surface area contributed by atoms with Crippen LogP contribution in [0.15, 0.2) is 30.6 Å². The standard InChI is InChI=1S/C12H12N4O3/c1-16-5-3-10(15-16)11(17)14-7-9-6-8(12(18)19)2-4-13-9/h2-6H,7H2,1H3,(H,14,17)(H,18,19). The number of carboxylic acid groups (broad SMARTS) is 1. The van der Waals surface area contributed by atoms with Gasteiger partial charge >= 0.3 is 5.97 Å². The summed E-state index contributed by atoms with van der Waals surface area (Å²) in [6, 6.07) is 4.41. The Hall–Kier alpha value is -2.70. The number of carboxylic acids is 1. The predicted octanol–water partition coefficient (Wildman–Crippen LogP) is 0.443. The third-order valence-corrected chi connectivity index (χ3v) is 2.44. The zero-order chi connectivity index (χ0) is 13.8. The second-order valence-corrected chi connectivity index (χ2v) is 3.90. The zero-order valence-electron chi connectivity index (χ0n) is 10.2. The van der Waals surface area contributed by atoms with Crippen LogP contribution >= 0.6 is 0 Å². The van der Waals surface area contributed by atoms with Crippen LogP contribution in [0.25, 0.3) is 0 Å². The number of nitrogens with zero attached hydrogens (tertiary/aromatic N) is 3. The molecule has 0 fully saturated rings. The number of aromatic carboxylic acids is 1. The molecular weight excluding hydrogens is 248 g/mol. The first-order valence-electron chi connectivity index (χ1n) is 5.52. The Morgan fingerprint density at radius 3 is 2.84 bits per heavy atom. The van der Waals surface area contributed by atoms with E-state index >= 15 is 0 Å². The third kappa shape index (κ3) is 3.15. The Labute approximate surface area is 108 Å². The van der Waals surface area contributed by atoms with E-state index in [4.69, 9.17) is 5.11 Å². The summed E-state index contributed by atoms with van der Waals surface area (Å²) >= 11 is 0. The summed E-state index contributed by atoms with van der Waals surface area (Å²) in [7, 11) is 1.72. The molecule has 2 heterocycles. The van der Waals surface area contributed by atoms with Crippen molar-refractivity contribution in [3.63, 3.8) is 0 Å². The molecule has 2 aromatic heterocycles. The predicted molar refractivity (Wildman–Crippen MR) is 65.6 cm³/mol. The molecule has 7 heteroatoms. The summed E-state index contributed by atoms with van der Waals surface area (Å²) in [5.41, 5.74) is 0.915. The van der Waals surface area contributed by atoms with Gasteiger partial charge in [-0.25, -0.2) is 4.79 Å². The Balaban J connectivity index is 2.01. The molecule has 98 valence electrons. The average molecular weight is 260 g/mol. The summed E-state index contributed by atoms with van der Waals surface area (Å²) in [4.78, 5) is 26.5. The summed E-state index contributed by atoms with van der Waals surface area (Å²) < 4.78 is 1.53. The van der Waals surface area contributed by atoms with E-state index in [9.17, 15) is 9.59 Å². The number of amides is 1. The van der Waals surface area contributed by atoms with Crippen molar-refractivity contribution in [3.05, 3.63) is 47.5 Å². The summed E-state index contributed by atoms with van der Waals surface area (Å²) in [5, 5.41) is 15.4. The van der Waals surface area contributed by atoms with E-state index in [1.54, 1.807) is 19.3 Å². The minimum Gasteiger partial charge on any atom is -0.478 e. The SMILES string of the molecule is Cn1ccc(C(=O)NCc2cc(C(=O)O)ccn2)n1.